The maximum atomic E-state index is 14.2. The Morgan fingerprint density at radius 2 is 0.621 bits per heavy atom. The molecule has 0 spiro atoms. The van der Waals surface area contributed by atoms with E-state index in [0.717, 1.165) is 11.8 Å². The summed E-state index contributed by atoms with van der Waals surface area (Å²) in [5.41, 5.74) is -30.7. The molecule has 4 aliphatic rings. The summed E-state index contributed by atoms with van der Waals surface area (Å²) in [7, 11) is -1.00. The van der Waals surface area contributed by atoms with Crippen molar-refractivity contribution in [3.05, 3.63) is 266 Å². The fourth-order valence-corrected chi connectivity index (χ4v) is 14.0. The molecule has 2 fully saturated rings. The van der Waals surface area contributed by atoms with Crippen LogP contribution >= 0.6 is 8.15 Å². The SMILES string of the molecule is C1=C\CC/C=C\CC/1.CC(C)C(OP(c1ccccc1)c1ccccc1)(C(C)C)[C@@H]1COC([C]2[CH][CH][CH][CH]2)=N1.FC(F)(F)c1cc([B-](c2cc(C(F)(F)F)cc(C(F)(F)F)c2)(c2cc(C(F)(F)F)cc(C(F)(F)F)c2)c2cc(C(F)(F)F)cc(C(F)(F)F)c2)cc(C(F)(F)F)c1.[CH]1[CH][CH][CH][CH]1.[Fe+2].[Ir]. The van der Waals surface area contributed by atoms with E-state index in [1.165, 1.54) is 36.3 Å². The van der Waals surface area contributed by atoms with Gasteiger partial charge in [-0.25, -0.2) is 4.99 Å². The van der Waals surface area contributed by atoms with Gasteiger partial charge in [0.05, 0.1) is 58.6 Å². The van der Waals surface area contributed by atoms with E-state index in [1.807, 2.05) is 44.9 Å². The third-order valence-electron chi connectivity index (χ3n) is 16.4. The number of aliphatic imine (C=N–C) groups is 1. The smallest absolute Gasteiger partial charge is 0.478 e. The third kappa shape index (κ3) is 22.6. The molecule has 1 heterocycles. The number of halogens is 24. The minimum atomic E-state index is -6.13. The van der Waals surface area contributed by atoms with Crippen LogP contribution in [-0.2, 0) is 95.8 Å². The molecule has 2 saturated carbocycles. The molecule has 3 aliphatic carbocycles. The van der Waals surface area contributed by atoms with Crippen LogP contribution in [0.5, 0.6) is 0 Å². The molecule has 3 nitrogen and oxygen atoms in total. The molecular formula is C72H60BF24FeIrNO2P+. The van der Waals surface area contributed by atoms with Crippen LogP contribution in [0, 0.1) is 75.5 Å². The molecule has 557 valence electrons. The summed E-state index contributed by atoms with van der Waals surface area (Å²) in [5.74, 6) is 2.30. The number of rotatable bonds is 12. The number of ether oxygens (including phenoxy) is 1. The molecule has 6 aromatic rings. The van der Waals surface area contributed by atoms with Crippen LogP contribution in [0.25, 0.3) is 0 Å². The van der Waals surface area contributed by atoms with E-state index in [0.29, 0.717) is 6.61 Å². The van der Waals surface area contributed by atoms with E-state index in [1.54, 1.807) is 0 Å². The van der Waals surface area contributed by atoms with E-state index in [4.69, 9.17) is 14.3 Å². The predicted molar refractivity (Wildman–Crippen MR) is 339 cm³/mol. The van der Waals surface area contributed by atoms with Crippen molar-refractivity contribution >= 4 is 52.7 Å². The Balaban J connectivity index is 0.000000341. The van der Waals surface area contributed by atoms with Gasteiger partial charge in [0.25, 0.3) is 0 Å². The number of hydrogen-bond donors (Lipinski definition) is 0. The van der Waals surface area contributed by atoms with Crippen molar-refractivity contribution in [2.75, 3.05) is 6.61 Å². The van der Waals surface area contributed by atoms with Gasteiger partial charge in [0, 0.05) is 30.7 Å². The molecule has 0 bridgehead atoms. The fourth-order valence-electron chi connectivity index (χ4n) is 11.8. The molecule has 103 heavy (non-hydrogen) atoms. The topological polar surface area (TPSA) is 30.8 Å². The summed E-state index contributed by atoms with van der Waals surface area (Å²) < 4.78 is 354. The Bertz CT molecular complexity index is 3280. The standard InChI is InChI=1S/C32H12BF24.C27H31NO2P.C8H12.C5H5.Fe.Ir/c34-25(35,36)13-1-14(26(37,38)39)6-21(5-13)33(22-7-15(27(40,41)42)2-16(8-22)28(43,44)45,23-9-17(29(46,47)48)3-18(10-23)30(49,50)51)24-11-19(31(52,53)54)4-20(12-24)32(55,56)57;1-20(2)27(21(3)4,25-19-29-26(28-25)22-13-11-12-14-22)30-31(23-15-7-5-8-16-23)24-17-9-6-10-18-24;1-2-4-6-8-7-5-3-1;1-2-4-5-3-1;;/h1-12H;5-18,20-21,25H,19H2,1-4H3;1-2,7-8H,3-6H2;1-5H;;/q-1;;;;+2;/b;;2-1-,8-7-;;;/t;25-;;;;/m.0..../s1. The molecule has 0 unspecified atom stereocenters. The average Bonchev–Trinajstić information content (AvgIpc) is 0.813. The van der Waals surface area contributed by atoms with Gasteiger partial charge in [-0.15, -0.1) is 0 Å². The molecule has 10 rings (SSSR count). The second kappa shape index (κ2) is 35.3. The van der Waals surface area contributed by atoms with Gasteiger partial charge >= 0.3 is 66.5 Å². The fraction of sp³-hybridized carbons (Fsp3) is 0.292. The zero-order valence-electron chi connectivity index (χ0n) is 54.0. The summed E-state index contributed by atoms with van der Waals surface area (Å²) in [5, 5.41) is 2.43. The molecular weight excluding hydrogens is 1660 g/mol. The van der Waals surface area contributed by atoms with Crippen LogP contribution in [0.4, 0.5) is 105 Å². The molecule has 0 N–H and O–H groups in total. The Kier molecular flexibility index (Phi) is 30.1. The predicted octanol–water partition coefficient (Wildman–Crippen LogP) is 20.2. The summed E-state index contributed by atoms with van der Waals surface area (Å²) in [6, 6.07) is 12.3. The van der Waals surface area contributed by atoms with Crippen LogP contribution in [0.2, 0.25) is 0 Å². The van der Waals surface area contributed by atoms with Gasteiger partial charge in [-0.05, 0) is 120 Å². The Hall–Kier alpha value is -5.79. The van der Waals surface area contributed by atoms with Crippen LogP contribution in [0.15, 0.2) is 163 Å². The number of nitrogens with zero attached hydrogens (tertiary/aromatic N) is 1. The first-order chi connectivity index (χ1) is 46.8. The first kappa shape index (κ1) is 87.8. The van der Waals surface area contributed by atoms with Crippen LogP contribution < -0.4 is 32.5 Å². The van der Waals surface area contributed by atoms with Crippen molar-refractivity contribution in [2.24, 2.45) is 16.8 Å². The van der Waals surface area contributed by atoms with Crippen molar-refractivity contribution in [3.8, 4) is 0 Å². The van der Waals surface area contributed by atoms with Gasteiger partial charge < -0.3 is 9.26 Å². The molecule has 1 aliphatic heterocycles. The largest absolute Gasteiger partial charge is 2.00 e. The van der Waals surface area contributed by atoms with E-state index in [9.17, 15) is 105 Å². The van der Waals surface area contributed by atoms with E-state index in [2.05, 4.69) is 126 Å². The quantitative estimate of drug-likeness (QED) is 0.0529. The third-order valence-corrected chi connectivity index (χ3v) is 18.5. The van der Waals surface area contributed by atoms with Crippen LogP contribution in [0.1, 0.15) is 97.9 Å². The second-order valence-corrected chi connectivity index (χ2v) is 25.7. The van der Waals surface area contributed by atoms with Crippen molar-refractivity contribution in [2.45, 2.75) is 114 Å². The van der Waals surface area contributed by atoms with Gasteiger partial charge in [0.2, 0.25) is 0 Å². The number of hydrogen-bond acceptors (Lipinski definition) is 3. The average molecular weight is 1720 g/mol. The molecule has 31 heteroatoms. The van der Waals surface area contributed by atoms with Gasteiger partial charge in [-0.1, -0.05) is 161 Å². The normalized spacial score (nSPS) is 17.3. The summed E-state index contributed by atoms with van der Waals surface area (Å²) >= 11 is 0. The molecule has 11 radical (unpaired) electrons. The van der Waals surface area contributed by atoms with E-state index in [-0.39, 0.29) is 55.1 Å². The van der Waals surface area contributed by atoms with Gasteiger partial charge in [-0.3, -0.25) is 0 Å². The van der Waals surface area contributed by atoms with Crippen molar-refractivity contribution in [3.63, 3.8) is 0 Å². The zero-order valence-corrected chi connectivity index (χ0v) is 58.4. The van der Waals surface area contributed by atoms with E-state index < -0.39 is 208 Å². The molecule has 0 amide bonds. The van der Waals surface area contributed by atoms with Gasteiger partial charge in [0.1, 0.15) is 24.4 Å². The number of alkyl halides is 24. The molecule has 1 atom stereocenters. The summed E-state index contributed by atoms with van der Waals surface area (Å²) in [4.78, 5) is 5.07. The van der Waals surface area contributed by atoms with E-state index >= 15 is 0 Å². The molecule has 0 aromatic heterocycles. The number of benzene rings is 6. The first-order valence-corrected chi connectivity index (χ1v) is 31.9. The van der Waals surface area contributed by atoms with Gasteiger partial charge in [-0.2, -0.15) is 127 Å². The molecule has 6 aromatic carbocycles. The van der Waals surface area contributed by atoms with Crippen LogP contribution in [-0.4, -0.2) is 30.3 Å². The van der Waals surface area contributed by atoms with Crippen LogP contribution in [0.3, 0.4) is 0 Å². The van der Waals surface area contributed by atoms with Crippen molar-refractivity contribution in [1.29, 1.82) is 0 Å². The Morgan fingerprint density at radius 1 is 0.379 bits per heavy atom. The summed E-state index contributed by atoms with van der Waals surface area (Å²) in [6.45, 7) is 9.54. The van der Waals surface area contributed by atoms with Crippen molar-refractivity contribution in [1.82, 2.24) is 0 Å². The summed E-state index contributed by atoms with van der Waals surface area (Å²) in [6.07, 6.45) is -22.7. The second-order valence-electron chi connectivity index (χ2n) is 23.9. The van der Waals surface area contributed by atoms with Gasteiger partial charge in [0.15, 0.2) is 5.90 Å². The Morgan fingerprint density at radius 3 is 0.845 bits per heavy atom. The maximum absolute atomic E-state index is 14.2. The number of allylic oxidation sites excluding steroid dienone is 4. The zero-order chi connectivity index (χ0) is 75.0. The minimum Gasteiger partial charge on any atom is -0.478 e. The van der Waals surface area contributed by atoms with Crippen molar-refractivity contribution < 1.29 is 152 Å². The molecule has 0 saturated heterocycles. The minimum absolute atomic E-state index is 0. The maximum Gasteiger partial charge on any atom is 2.00 e. The Labute approximate surface area is 605 Å². The monoisotopic (exact) mass is 1720 g/mol. The first-order valence-electron chi connectivity index (χ1n) is 30.6.